The van der Waals surface area contributed by atoms with E-state index in [9.17, 15) is 0 Å². The number of hydrogen-bond donors (Lipinski definition) is 1. The predicted octanol–water partition coefficient (Wildman–Crippen LogP) is 1.51. The second kappa shape index (κ2) is 3.94. The monoisotopic (exact) mass is 143 g/mol. The lowest BCUT2D eigenvalue weighted by Gasteiger charge is -2.29. The number of hydrogen-bond acceptors (Lipinski definition) is 2. The minimum Gasteiger partial charge on any atom is -0.360 e. The smallest absolute Gasteiger partial charge is 0.108 e. The van der Waals surface area contributed by atoms with Crippen molar-refractivity contribution in [2.24, 2.45) is 0 Å². The summed E-state index contributed by atoms with van der Waals surface area (Å²) in [6, 6.07) is 0. The Morgan fingerprint density at radius 2 is 2.20 bits per heavy atom. The molecule has 1 N–H and O–H groups in total. The van der Waals surface area contributed by atoms with Gasteiger partial charge in [0.2, 0.25) is 0 Å². The van der Waals surface area contributed by atoms with Crippen molar-refractivity contribution in [2.45, 2.75) is 45.4 Å². The summed E-state index contributed by atoms with van der Waals surface area (Å²) in [6.45, 7) is 5.45. The summed E-state index contributed by atoms with van der Waals surface area (Å²) >= 11 is 0. The summed E-state index contributed by atoms with van der Waals surface area (Å²) in [6.07, 6.45) is 4.23. The van der Waals surface area contributed by atoms with Crippen LogP contribution >= 0.6 is 0 Å². The average Bonchev–Trinajstić information content (AvgIpc) is 2.05. The first-order chi connectivity index (χ1) is 4.86. The van der Waals surface area contributed by atoms with Gasteiger partial charge in [0.25, 0.3) is 0 Å². The number of rotatable bonds is 2. The Kier molecular flexibility index (Phi) is 3.16. The van der Waals surface area contributed by atoms with Crippen molar-refractivity contribution < 1.29 is 4.74 Å². The number of nitrogens with one attached hydrogen (secondary N) is 1. The second-order valence-electron chi connectivity index (χ2n) is 2.81. The summed E-state index contributed by atoms with van der Waals surface area (Å²) < 4.78 is 5.67. The Balaban J connectivity index is 2.25. The second-order valence-corrected chi connectivity index (χ2v) is 2.81. The van der Waals surface area contributed by atoms with Crippen molar-refractivity contribution >= 4 is 0 Å². The maximum Gasteiger partial charge on any atom is 0.108 e. The Morgan fingerprint density at radius 1 is 1.40 bits per heavy atom. The molecule has 1 aliphatic heterocycles. The molecular weight excluding hydrogens is 126 g/mol. The van der Waals surface area contributed by atoms with Crippen molar-refractivity contribution in [3.8, 4) is 0 Å². The van der Waals surface area contributed by atoms with Crippen LogP contribution in [0.25, 0.3) is 0 Å². The Bertz CT molecular complexity index is 85.3. The molecule has 1 aliphatic rings. The molecule has 2 unspecified atom stereocenters. The third-order valence-electron chi connectivity index (χ3n) is 2.02. The molecule has 2 atom stereocenters. The molecule has 0 aromatic carbocycles. The lowest BCUT2D eigenvalue weighted by Crippen LogP contribution is -2.42. The van der Waals surface area contributed by atoms with Gasteiger partial charge in [-0.3, -0.25) is 5.32 Å². The fourth-order valence-electron chi connectivity index (χ4n) is 1.29. The highest BCUT2D eigenvalue weighted by Gasteiger charge is 2.17. The Labute approximate surface area is 63.0 Å². The van der Waals surface area contributed by atoms with Crippen LogP contribution in [0.1, 0.15) is 33.1 Å². The van der Waals surface area contributed by atoms with Gasteiger partial charge in [0, 0.05) is 0 Å². The molecule has 1 saturated heterocycles. The van der Waals surface area contributed by atoms with Crippen molar-refractivity contribution in [1.82, 2.24) is 5.32 Å². The fourth-order valence-corrected chi connectivity index (χ4v) is 1.29. The van der Waals surface area contributed by atoms with Gasteiger partial charge in [-0.05, 0) is 25.8 Å². The molecule has 0 aromatic rings. The molecule has 10 heavy (non-hydrogen) atoms. The van der Waals surface area contributed by atoms with E-state index in [0.29, 0.717) is 12.3 Å². The fraction of sp³-hybridized carbons (Fsp3) is 1.00. The molecule has 0 saturated carbocycles. The highest BCUT2D eigenvalue weighted by atomic mass is 16.5. The van der Waals surface area contributed by atoms with Gasteiger partial charge in [-0.15, -0.1) is 0 Å². The molecule has 2 heteroatoms. The van der Waals surface area contributed by atoms with Crippen LogP contribution in [-0.4, -0.2) is 18.9 Å². The summed E-state index contributed by atoms with van der Waals surface area (Å²) in [4.78, 5) is 0. The molecular formula is C8H17NO. The molecule has 0 bridgehead atoms. The van der Waals surface area contributed by atoms with Crippen LogP contribution in [0.15, 0.2) is 0 Å². The van der Waals surface area contributed by atoms with E-state index >= 15 is 0 Å². The van der Waals surface area contributed by atoms with Crippen molar-refractivity contribution in [3.05, 3.63) is 0 Å². The van der Waals surface area contributed by atoms with E-state index in [0.717, 1.165) is 19.4 Å². The quantitative estimate of drug-likeness (QED) is 0.632. The first-order valence-electron chi connectivity index (χ1n) is 4.25. The summed E-state index contributed by atoms with van der Waals surface area (Å²) in [5.41, 5.74) is 0. The SMILES string of the molecule is CCC1CCNC(CC)O1. The van der Waals surface area contributed by atoms with E-state index in [2.05, 4.69) is 19.2 Å². The highest BCUT2D eigenvalue weighted by molar-refractivity contribution is 4.67. The minimum absolute atomic E-state index is 0.318. The van der Waals surface area contributed by atoms with Crippen LogP contribution in [0.5, 0.6) is 0 Å². The van der Waals surface area contributed by atoms with E-state index in [4.69, 9.17) is 4.74 Å². The molecule has 0 aliphatic carbocycles. The van der Waals surface area contributed by atoms with E-state index < -0.39 is 0 Å². The third kappa shape index (κ3) is 1.96. The van der Waals surface area contributed by atoms with Gasteiger partial charge in [0.15, 0.2) is 0 Å². The maximum atomic E-state index is 5.67. The van der Waals surface area contributed by atoms with Gasteiger partial charge < -0.3 is 4.74 Å². The van der Waals surface area contributed by atoms with E-state index in [1.807, 2.05) is 0 Å². The molecule has 1 fully saturated rings. The van der Waals surface area contributed by atoms with E-state index in [1.165, 1.54) is 6.42 Å². The normalized spacial score (nSPS) is 34.2. The molecule has 2 nitrogen and oxygen atoms in total. The molecule has 1 heterocycles. The van der Waals surface area contributed by atoms with E-state index in [1.54, 1.807) is 0 Å². The largest absolute Gasteiger partial charge is 0.360 e. The standard InChI is InChI=1S/C8H17NO/c1-3-7-5-6-9-8(4-2)10-7/h7-9H,3-6H2,1-2H3. The summed E-state index contributed by atoms with van der Waals surface area (Å²) in [5.74, 6) is 0. The predicted molar refractivity (Wildman–Crippen MR) is 41.9 cm³/mol. The Hall–Kier alpha value is -0.0800. The van der Waals surface area contributed by atoms with Gasteiger partial charge >= 0.3 is 0 Å². The van der Waals surface area contributed by atoms with E-state index in [-0.39, 0.29) is 0 Å². The van der Waals surface area contributed by atoms with Gasteiger partial charge in [0.05, 0.1) is 6.10 Å². The van der Waals surface area contributed by atoms with Crippen LogP contribution in [0.2, 0.25) is 0 Å². The maximum absolute atomic E-state index is 5.67. The third-order valence-corrected chi connectivity index (χ3v) is 2.02. The van der Waals surface area contributed by atoms with Gasteiger partial charge in [-0.2, -0.15) is 0 Å². The Morgan fingerprint density at radius 3 is 2.80 bits per heavy atom. The van der Waals surface area contributed by atoms with Gasteiger partial charge in [-0.1, -0.05) is 13.8 Å². The first-order valence-corrected chi connectivity index (χ1v) is 4.25. The molecule has 1 rings (SSSR count). The van der Waals surface area contributed by atoms with Crippen molar-refractivity contribution in [3.63, 3.8) is 0 Å². The summed E-state index contributed by atoms with van der Waals surface area (Å²) in [5, 5.41) is 3.31. The number of ether oxygens (including phenoxy) is 1. The van der Waals surface area contributed by atoms with Crippen molar-refractivity contribution in [2.75, 3.05) is 6.54 Å². The van der Waals surface area contributed by atoms with Gasteiger partial charge in [0.1, 0.15) is 6.23 Å². The van der Waals surface area contributed by atoms with Crippen LogP contribution in [0, 0.1) is 0 Å². The minimum atomic E-state index is 0.318. The zero-order valence-electron chi connectivity index (χ0n) is 6.89. The van der Waals surface area contributed by atoms with Crippen LogP contribution in [0.4, 0.5) is 0 Å². The zero-order chi connectivity index (χ0) is 7.40. The summed E-state index contributed by atoms with van der Waals surface area (Å²) in [7, 11) is 0. The van der Waals surface area contributed by atoms with Crippen LogP contribution < -0.4 is 5.32 Å². The lowest BCUT2D eigenvalue weighted by atomic mass is 10.1. The van der Waals surface area contributed by atoms with Crippen molar-refractivity contribution in [1.29, 1.82) is 0 Å². The van der Waals surface area contributed by atoms with Crippen LogP contribution in [-0.2, 0) is 4.74 Å². The highest BCUT2D eigenvalue weighted by Crippen LogP contribution is 2.11. The molecule has 0 spiro atoms. The molecule has 0 amide bonds. The van der Waals surface area contributed by atoms with Gasteiger partial charge in [-0.25, -0.2) is 0 Å². The zero-order valence-corrected chi connectivity index (χ0v) is 6.89. The van der Waals surface area contributed by atoms with Crippen LogP contribution in [0.3, 0.4) is 0 Å². The lowest BCUT2D eigenvalue weighted by molar-refractivity contribution is -0.0631. The molecule has 60 valence electrons. The first kappa shape index (κ1) is 8.02. The average molecular weight is 143 g/mol. The topological polar surface area (TPSA) is 21.3 Å². The molecule has 0 aromatic heterocycles. The molecule has 0 radical (unpaired) electrons.